The minimum Gasteiger partial charge on any atom is -0.456 e. The van der Waals surface area contributed by atoms with E-state index in [1.165, 1.54) is 49.9 Å². The second-order valence-electron chi connectivity index (χ2n) is 13.0. The van der Waals surface area contributed by atoms with Gasteiger partial charge in [0.05, 0.1) is 0 Å². The fourth-order valence-electron chi connectivity index (χ4n) is 7.58. The van der Waals surface area contributed by atoms with Crippen LogP contribution in [0.2, 0.25) is 0 Å². The summed E-state index contributed by atoms with van der Waals surface area (Å²) in [4.78, 5) is 2.37. The van der Waals surface area contributed by atoms with Crippen molar-refractivity contribution >= 4 is 39.0 Å². The lowest BCUT2D eigenvalue weighted by molar-refractivity contribution is 0.647. The first-order chi connectivity index (χ1) is 23.1. The zero-order chi connectivity index (χ0) is 31.5. The second kappa shape index (κ2) is 10.6. The topological polar surface area (TPSA) is 16.4 Å². The van der Waals surface area contributed by atoms with Crippen LogP contribution in [-0.4, -0.2) is 0 Å². The first kappa shape index (κ1) is 27.5. The molecule has 0 unspecified atom stereocenters. The van der Waals surface area contributed by atoms with Crippen LogP contribution in [0.3, 0.4) is 0 Å². The summed E-state index contributed by atoms with van der Waals surface area (Å²) in [5.41, 5.74) is 15.1. The van der Waals surface area contributed by atoms with Gasteiger partial charge in [0, 0.05) is 38.8 Å². The average Bonchev–Trinajstić information content (AvgIpc) is 3.61. The van der Waals surface area contributed by atoms with Gasteiger partial charge in [-0.3, -0.25) is 0 Å². The van der Waals surface area contributed by atoms with E-state index in [2.05, 4.69) is 183 Å². The molecule has 0 N–H and O–H groups in total. The summed E-state index contributed by atoms with van der Waals surface area (Å²) < 4.78 is 6.54. The molecule has 1 aliphatic rings. The van der Waals surface area contributed by atoms with Crippen molar-refractivity contribution in [1.29, 1.82) is 0 Å². The molecule has 0 aliphatic heterocycles. The number of hydrogen-bond donors (Lipinski definition) is 0. The number of hydrogen-bond acceptors (Lipinski definition) is 2. The van der Waals surface area contributed by atoms with Crippen molar-refractivity contribution in [2.75, 3.05) is 4.90 Å². The number of para-hydroxylation sites is 2. The molecule has 224 valence electrons. The van der Waals surface area contributed by atoms with Gasteiger partial charge in [-0.25, -0.2) is 0 Å². The minimum atomic E-state index is -0.200. The Kier molecular flexibility index (Phi) is 6.20. The third-order valence-electron chi connectivity index (χ3n) is 9.85. The molecule has 0 atom stereocenters. The fourth-order valence-corrected chi connectivity index (χ4v) is 7.58. The Bertz CT molecular complexity index is 2400. The van der Waals surface area contributed by atoms with Crippen LogP contribution in [0.4, 0.5) is 17.1 Å². The Morgan fingerprint density at radius 1 is 0.447 bits per heavy atom. The summed E-state index contributed by atoms with van der Waals surface area (Å²) in [6.45, 7) is 4.69. The highest BCUT2D eigenvalue weighted by Crippen LogP contribution is 2.56. The van der Waals surface area contributed by atoms with E-state index in [4.69, 9.17) is 4.42 Å². The molecular formula is C45H33NO. The van der Waals surface area contributed by atoms with E-state index < -0.39 is 0 Å². The molecule has 0 saturated heterocycles. The molecule has 0 fully saturated rings. The maximum atomic E-state index is 6.54. The van der Waals surface area contributed by atoms with E-state index in [0.717, 1.165) is 33.6 Å². The molecule has 1 aliphatic carbocycles. The van der Waals surface area contributed by atoms with E-state index in [-0.39, 0.29) is 5.41 Å². The molecule has 0 amide bonds. The van der Waals surface area contributed by atoms with Crippen molar-refractivity contribution < 1.29 is 4.42 Å². The van der Waals surface area contributed by atoms with Gasteiger partial charge in [-0.1, -0.05) is 129 Å². The summed E-state index contributed by atoms with van der Waals surface area (Å²) >= 11 is 0. The van der Waals surface area contributed by atoms with Crippen molar-refractivity contribution in [3.8, 4) is 33.4 Å². The van der Waals surface area contributed by atoms with Gasteiger partial charge in [0.15, 0.2) is 0 Å². The molecule has 7 aromatic carbocycles. The van der Waals surface area contributed by atoms with Crippen molar-refractivity contribution in [2.24, 2.45) is 0 Å². The molecule has 0 radical (unpaired) electrons. The van der Waals surface area contributed by atoms with E-state index in [9.17, 15) is 0 Å². The van der Waals surface area contributed by atoms with Gasteiger partial charge in [-0.2, -0.15) is 0 Å². The Morgan fingerprint density at radius 2 is 1.02 bits per heavy atom. The average molecular weight is 604 g/mol. The molecule has 0 spiro atoms. The van der Waals surface area contributed by atoms with Crippen LogP contribution < -0.4 is 4.90 Å². The van der Waals surface area contributed by atoms with Gasteiger partial charge >= 0.3 is 0 Å². The lowest BCUT2D eigenvalue weighted by Gasteiger charge is -2.27. The number of benzene rings is 7. The van der Waals surface area contributed by atoms with Crippen LogP contribution in [0, 0.1) is 0 Å². The summed E-state index contributed by atoms with van der Waals surface area (Å²) in [6.07, 6.45) is 0. The van der Waals surface area contributed by atoms with Crippen LogP contribution in [0.1, 0.15) is 25.0 Å². The van der Waals surface area contributed by atoms with Gasteiger partial charge in [0.2, 0.25) is 0 Å². The largest absolute Gasteiger partial charge is 0.456 e. The summed E-state index contributed by atoms with van der Waals surface area (Å²) in [7, 11) is 0. The third-order valence-corrected chi connectivity index (χ3v) is 9.85. The van der Waals surface area contributed by atoms with Crippen molar-refractivity contribution in [3.63, 3.8) is 0 Å². The highest BCUT2D eigenvalue weighted by atomic mass is 16.3. The van der Waals surface area contributed by atoms with Gasteiger partial charge in [-0.15, -0.1) is 0 Å². The standard InChI is InChI=1S/C45H33NO/c1-45(2)38-27-26-35(46(33-18-10-5-11-19-33)34-24-22-31(23-25-34)30-14-6-3-7-15-30)28-37(38)43-39(45)29-41-44(36-20-12-13-21-40(36)47-41)42(43)32-16-8-4-9-17-32/h3-29H,1-2H3. The maximum Gasteiger partial charge on any atom is 0.136 e. The summed E-state index contributed by atoms with van der Waals surface area (Å²) in [6, 6.07) is 58.7. The molecule has 2 heteroatoms. The molecule has 1 heterocycles. The van der Waals surface area contributed by atoms with Gasteiger partial charge in [0.25, 0.3) is 0 Å². The molecule has 9 rings (SSSR count). The van der Waals surface area contributed by atoms with Crippen LogP contribution in [0.25, 0.3) is 55.3 Å². The Morgan fingerprint density at radius 3 is 1.74 bits per heavy atom. The molecule has 0 bridgehead atoms. The summed E-state index contributed by atoms with van der Waals surface area (Å²) in [5.74, 6) is 0. The molecule has 1 aromatic heterocycles. The zero-order valence-electron chi connectivity index (χ0n) is 26.4. The first-order valence-corrected chi connectivity index (χ1v) is 16.3. The van der Waals surface area contributed by atoms with E-state index in [1.54, 1.807) is 0 Å². The molecule has 47 heavy (non-hydrogen) atoms. The van der Waals surface area contributed by atoms with Gasteiger partial charge < -0.3 is 9.32 Å². The molecule has 2 nitrogen and oxygen atoms in total. The Hall–Kier alpha value is -5.86. The molecule has 8 aromatic rings. The van der Waals surface area contributed by atoms with Gasteiger partial charge in [-0.05, 0) is 87.5 Å². The normalized spacial score (nSPS) is 13.1. The fraction of sp³-hybridized carbons (Fsp3) is 0.0667. The molecular weight excluding hydrogens is 571 g/mol. The summed E-state index contributed by atoms with van der Waals surface area (Å²) in [5, 5.41) is 2.33. The Labute approximate surface area is 275 Å². The van der Waals surface area contributed by atoms with E-state index >= 15 is 0 Å². The monoisotopic (exact) mass is 603 g/mol. The SMILES string of the molecule is CC1(C)c2ccc(N(c3ccccc3)c3ccc(-c4ccccc4)cc3)cc2-c2c1cc1oc3ccccc3c1c2-c1ccccc1. The number of rotatable bonds is 5. The number of nitrogens with zero attached hydrogens (tertiary/aromatic N) is 1. The highest BCUT2D eigenvalue weighted by molar-refractivity contribution is 6.17. The molecule has 0 saturated carbocycles. The van der Waals surface area contributed by atoms with Crippen LogP contribution >= 0.6 is 0 Å². The number of fused-ring (bicyclic) bond motifs is 6. The van der Waals surface area contributed by atoms with Crippen LogP contribution in [0.5, 0.6) is 0 Å². The number of furan rings is 1. The minimum absolute atomic E-state index is 0.200. The highest BCUT2D eigenvalue weighted by Gasteiger charge is 2.39. The quantitative estimate of drug-likeness (QED) is 0.195. The van der Waals surface area contributed by atoms with Gasteiger partial charge in [0.1, 0.15) is 11.2 Å². The zero-order valence-corrected chi connectivity index (χ0v) is 26.4. The lowest BCUT2D eigenvalue weighted by Crippen LogP contribution is -2.15. The van der Waals surface area contributed by atoms with Crippen molar-refractivity contribution in [2.45, 2.75) is 19.3 Å². The third kappa shape index (κ3) is 4.33. The predicted molar refractivity (Wildman–Crippen MR) is 197 cm³/mol. The Balaban J connectivity index is 1.29. The smallest absolute Gasteiger partial charge is 0.136 e. The van der Waals surface area contributed by atoms with Crippen molar-refractivity contribution in [3.05, 3.63) is 175 Å². The number of anilines is 3. The van der Waals surface area contributed by atoms with E-state index in [0.29, 0.717) is 0 Å². The lowest BCUT2D eigenvalue weighted by atomic mass is 9.81. The van der Waals surface area contributed by atoms with Crippen LogP contribution in [-0.2, 0) is 5.41 Å². The first-order valence-electron chi connectivity index (χ1n) is 16.3. The van der Waals surface area contributed by atoms with Crippen LogP contribution in [0.15, 0.2) is 168 Å². The van der Waals surface area contributed by atoms with Crippen molar-refractivity contribution in [1.82, 2.24) is 0 Å². The predicted octanol–water partition coefficient (Wildman–Crippen LogP) is 12.7. The maximum absolute atomic E-state index is 6.54. The van der Waals surface area contributed by atoms with E-state index in [1.807, 2.05) is 0 Å². The second-order valence-corrected chi connectivity index (χ2v) is 13.0.